The first-order valence-electron chi connectivity index (χ1n) is 6.19. The van der Waals surface area contributed by atoms with Crippen molar-refractivity contribution in [3.05, 3.63) is 59.7 Å². The predicted octanol–water partition coefficient (Wildman–Crippen LogP) is 2.88. The van der Waals surface area contributed by atoms with Gasteiger partial charge in [-0.3, -0.25) is 4.79 Å². The van der Waals surface area contributed by atoms with Gasteiger partial charge < -0.3 is 10.2 Å². The maximum absolute atomic E-state index is 12.0. The first kappa shape index (κ1) is 13.6. The number of carbonyl (C=O) groups excluding carboxylic acids is 1. The molecule has 0 fully saturated rings. The zero-order chi connectivity index (χ0) is 14.5. The van der Waals surface area contributed by atoms with Gasteiger partial charge in [-0.2, -0.15) is 5.26 Å². The summed E-state index contributed by atoms with van der Waals surface area (Å²) >= 11 is 0. The van der Waals surface area contributed by atoms with Crippen LogP contribution in [0.3, 0.4) is 0 Å². The van der Waals surface area contributed by atoms with Gasteiger partial charge in [-0.25, -0.2) is 0 Å². The third-order valence-corrected chi connectivity index (χ3v) is 2.92. The van der Waals surface area contributed by atoms with E-state index in [1.165, 1.54) is 0 Å². The molecule has 2 rings (SSSR count). The standard InChI is InChI=1S/C16H15N3O/c1-19(2)15-9-7-14(8-10-15)18-16(20)13-5-3-12(11-17)4-6-13/h3-10H,1-2H3,(H,18,20). The number of anilines is 2. The van der Waals surface area contributed by atoms with Gasteiger partial charge in [0.2, 0.25) is 0 Å². The number of nitriles is 1. The van der Waals surface area contributed by atoms with Crippen LogP contribution in [0.1, 0.15) is 15.9 Å². The molecule has 0 bridgehead atoms. The van der Waals surface area contributed by atoms with Crippen LogP contribution in [0.5, 0.6) is 0 Å². The normalized spacial score (nSPS) is 9.65. The maximum atomic E-state index is 12.0. The number of rotatable bonds is 3. The molecule has 4 nitrogen and oxygen atoms in total. The molecule has 0 spiro atoms. The van der Waals surface area contributed by atoms with Crippen molar-refractivity contribution < 1.29 is 4.79 Å². The lowest BCUT2D eigenvalue weighted by atomic mass is 10.1. The van der Waals surface area contributed by atoms with Crippen molar-refractivity contribution in [3.8, 4) is 6.07 Å². The van der Waals surface area contributed by atoms with Crippen molar-refractivity contribution in [2.45, 2.75) is 0 Å². The summed E-state index contributed by atoms with van der Waals surface area (Å²) in [6.45, 7) is 0. The molecule has 0 saturated heterocycles. The van der Waals surface area contributed by atoms with Crippen molar-refractivity contribution in [3.63, 3.8) is 0 Å². The van der Waals surface area contributed by atoms with E-state index in [2.05, 4.69) is 5.32 Å². The smallest absolute Gasteiger partial charge is 0.255 e. The van der Waals surface area contributed by atoms with Crippen molar-refractivity contribution >= 4 is 17.3 Å². The first-order valence-corrected chi connectivity index (χ1v) is 6.19. The number of benzene rings is 2. The highest BCUT2D eigenvalue weighted by Crippen LogP contribution is 2.16. The molecule has 0 saturated carbocycles. The van der Waals surface area contributed by atoms with Gasteiger partial charge in [-0.05, 0) is 48.5 Å². The van der Waals surface area contributed by atoms with E-state index in [-0.39, 0.29) is 5.91 Å². The fourth-order valence-electron chi connectivity index (χ4n) is 1.74. The van der Waals surface area contributed by atoms with Gasteiger partial charge in [0.15, 0.2) is 0 Å². The predicted molar refractivity (Wildman–Crippen MR) is 79.9 cm³/mol. The average Bonchev–Trinajstić information content (AvgIpc) is 2.48. The minimum atomic E-state index is -0.188. The fraction of sp³-hybridized carbons (Fsp3) is 0.125. The summed E-state index contributed by atoms with van der Waals surface area (Å²) < 4.78 is 0. The SMILES string of the molecule is CN(C)c1ccc(NC(=O)c2ccc(C#N)cc2)cc1. The molecular weight excluding hydrogens is 250 g/mol. The van der Waals surface area contributed by atoms with E-state index in [9.17, 15) is 4.79 Å². The van der Waals surface area contributed by atoms with Crippen molar-refractivity contribution in [1.82, 2.24) is 0 Å². The van der Waals surface area contributed by atoms with E-state index < -0.39 is 0 Å². The largest absolute Gasteiger partial charge is 0.378 e. The Labute approximate surface area is 118 Å². The number of hydrogen-bond donors (Lipinski definition) is 1. The summed E-state index contributed by atoms with van der Waals surface area (Å²) in [6, 6.07) is 16.2. The molecule has 0 aliphatic carbocycles. The maximum Gasteiger partial charge on any atom is 0.255 e. The zero-order valence-corrected chi connectivity index (χ0v) is 11.4. The van der Waals surface area contributed by atoms with Gasteiger partial charge in [0.1, 0.15) is 0 Å². The third kappa shape index (κ3) is 3.15. The van der Waals surface area contributed by atoms with Crippen LogP contribution in [-0.2, 0) is 0 Å². The van der Waals surface area contributed by atoms with Gasteiger partial charge in [-0.1, -0.05) is 0 Å². The Morgan fingerprint density at radius 1 is 1.05 bits per heavy atom. The average molecular weight is 265 g/mol. The van der Waals surface area contributed by atoms with E-state index in [4.69, 9.17) is 5.26 Å². The highest BCUT2D eigenvalue weighted by molar-refractivity contribution is 6.04. The summed E-state index contributed by atoms with van der Waals surface area (Å²) in [5.74, 6) is -0.188. The monoisotopic (exact) mass is 265 g/mol. The Bertz CT molecular complexity index is 637. The number of nitrogens with one attached hydrogen (secondary N) is 1. The molecule has 0 radical (unpaired) electrons. The summed E-state index contributed by atoms with van der Waals surface area (Å²) in [4.78, 5) is 14.0. The lowest BCUT2D eigenvalue weighted by Gasteiger charge is -2.13. The zero-order valence-electron chi connectivity index (χ0n) is 11.4. The fourth-order valence-corrected chi connectivity index (χ4v) is 1.74. The summed E-state index contributed by atoms with van der Waals surface area (Å²) in [6.07, 6.45) is 0. The van der Waals surface area contributed by atoms with Gasteiger partial charge in [-0.15, -0.1) is 0 Å². The minimum Gasteiger partial charge on any atom is -0.378 e. The van der Waals surface area contributed by atoms with Crippen molar-refractivity contribution in [2.75, 3.05) is 24.3 Å². The molecule has 0 aliphatic heterocycles. The third-order valence-electron chi connectivity index (χ3n) is 2.92. The number of carbonyl (C=O) groups is 1. The summed E-state index contributed by atoms with van der Waals surface area (Å²) in [5.41, 5.74) is 2.88. The van der Waals surface area contributed by atoms with E-state index in [1.54, 1.807) is 24.3 Å². The topological polar surface area (TPSA) is 56.1 Å². The Balaban J connectivity index is 2.09. The lowest BCUT2D eigenvalue weighted by Crippen LogP contribution is -2.12. The highest BCUT2D eigenvalue weighted by Gasteiger charge is 2.06. The second kappa shape index (κ2) is 5.89. The summed E-state index contributed by atoms with van der Waals surface area (Å²) in [5, 5.41) is 11.5. The van der Waals surface area contributed by atoms with Crippen LogP contribution in [0.4, 0.5) is 11.4 Å². The van der Waals surface area contributed by atoms with E-state index >= 15 is 0 Å². The number of amides is 1. The van der Waals surface area contributed by atoms with Crippen LogP contribution in [0, 0.1) is 11.3 Å². The Kier molecular flexibility index (Phi) is 4.02. The molecule has 4 heteroatoms. The molecule has 1 amide bonds. The van der Waals surface area contributed by atoms with Crippen molar-refractivity contribution in [1.29, 1.82) is 5.26 Å². The number of nitrogens with zero attached hydrogens (tertiary/aromatic N) is 2. The molecule has 2 aromatic carbocycles. The molecule has 100 valence electrons. The molecule has 1 N–H and O–H groups in total. The van der Waals surface area contributed by atoms with Crippen LogP contribution >= 0.6 is 0 Å². The Hall–Kier alpha value is -2.80. The van der Waals surface area contributed by atoms with E-state index in [0.29, 0.717) is 11.1 Å². The second-order valence-corrected chi connectivity index (χ2v) is 4.58. The molecule has 20 heavy (non-hydrogen) atoms. The van der Waals surface area contributed by atoms with Crippen LogP contribution in [0.2, 0.25) is 0 Å². The quantitative estimate of drug-likeness (QED) is 0.928. The molecule has 0 unspecified atom stereocenters. The lowest BCUT2D eigenvalue weighted by molar-refractivity contribution is 0.102. The van der Waals surface area contributed by atoms with Crippen molar-refractivity contribution in [2.24, 2.45) is 0 Å². The molecule has 0 aliphatic rings. The van der Waals surface area contributed by atoms with Crippen LogP contribution in [0.25, 0.3) is 0 Å². The minimum absolute atomic E-state index is 0.188. The molecule has 0 heterocycles. The van der Waals surface area contributed by atoms with Gasteiger partial charge in [0, 0.05) is 31.0 Å². The Morgan fingerprint density at radius 3 is 2.15 bits per heavy atom. The van der Waals surface area contributed by atoms with E-state index in [0.717, 1.165) is 11.4 Å². The first-order chi connectivity index (χ1) is 9.60. The van der Waals surface area contributed by atoms with Gasteiger partial charge in [0.05, 0.1) is 11.6 Å². The van der Waals surface area contributed by atoms with Crippen LogP contribution in [-0.4, -0.2) is 20.0 Å². The molecular formula is C16H15N3O. The Morgan fingerprint density at radius 2 is 1.65 bits per heavy atom. The van der Waals surface area contributed by atoms with Gasteiger partial charge >= 0.3 is 0 Å². The number of hydrogen-bond acceptors (Lipinski definition) is 3. The summed E-state index contributed by atoms with van der Waals surface area (Å²) in [7, 11) is 3.93. The van der Waals surface area contributed by atoms with Gasteiger partial charge in [0.25, 0.3) is 5.91 Å². The second-order valence-electron chi connectivity index (χ2n) is 4.58. The van der Waals surface area contributed by atoms with Crippen LogP contribution < -0.4 is 10.2 Å². The molecule has 0 aromatic heterocycles. The van der Waals surface area contributed by atoms with E-state index in [1.807, 2.05) is 49.3 Å². The van der Waals surface area contributed by atoms with Crippen LogP contribution in [0.15, 0.2) is 48.5 Å². The molecule has 0 atom stereocenters. The highest BCUT2D eigenvalue weighted by atomic mass is 16.1. The molecule has 2 aromatic rings.